The van der Waals surface area contributed by atoms with Crippen molar-refractivity contribution in [2.45, 2.75) is 45.7 Å². The molecule has 1 unspecified atom stereocenters. The third kappa shape index (κ3) is 3.97. The second-order valence-corrected chi connectivity index (χ2v) is 5.83. The molecular formula is C17H28N2O. The molecule has 1 aliphatic heterocycles. The molecule has 0 bridgehead atoms. The molecule has 1 aromatic rings. The van der Waals surface area contributed by atoms with E-state index in [0.29, 0.717) is 6.54 Å². The quantitative estimate of drug-likeness (QED) is 0.897. The third-order valence-electron chi connectivity index (χ3n) is 4.50. The van der Waals surface area contributed by atoms with Crippen LogP contribution in [0.15, 0.2) is 18.2 Å². The van der Waals surface area contributed by atoms with Crippen molar-refractivity contribution >= 4 is 0 Å². The van der Waals surface area contributed by atoms with E-state index in [0.717, 1.165) is 23.8 Å². The summed E-state index contributed by atoms with van der Waals surface area (Å²) in [6, 6.07) is 6.43. The molecule has 0 aliphatic carbocycles. The Labute approximate surface area is 123 Å². The predicted molar refractivity (Wildman–Crippen MR) is 83.8 cm³/mol. The van der Waals surface area contributed by atoms with Gasteiger partial charge in [-0.2, -0.15) is 0 Å². The van der Waals surface area contributed by atoms with Crippen LogP contribution in [0.5, 0.6) is 5.75 Å². The molecule has 1 heterocycles. The van der Waals surface area contributed by atoms with Gasteiger partial charge in [-0.05, 0) is 49.9 Å². The molecule has 20 heavy (non-hydrogen) atoms. The highest BCUT2D eigenvalue weighted by Gasteiger charge is 2.16. The van der Waals surface area contributed by atoms with Crippen molar-refractivity contribution in [2.24, 2.45) is 11.7 Å². The minimum Gasteiger partial charge on any atom is -0.496 e. The van der Waals surface area contributed by atoms with E-state index in [4.69, 9.17) is 10.5 Å². The number of likely N-dealkylation sites (tertiary alicyclic amines) is 1. The highest BCUT2D eigenvalue weighted by atomic mass is 16.5. The Kier molecular flexibility index (Phi) is 5.86. The number of hydrogen-bond donors (Lipinski definition) is 1. The van der Waals surface area contributed by atoms with Gasteiger partial charge in [0, 0.05) is 18.7 Å². The number of nitrogens with zero attached hydrogens (tertiary/aromatic N) is 1. The maximum Gasteiger partial charge on any atom is 0.123 e. The Hall–Kier alpha value is -1.06. The normalized spacial score (nSPS) is 20.6. The summed E-state index contributed by atoms with van der Waals surface area (Å²) in [6.07, 6.45) is 5.39. The van der Waals surface area contributed by atoms with Crippen LogP contribution in [0, 0.1) is 5.92 Å². The van der Waals surface area contributed by atoms with Crippen molar-refractivity contribution in [2.75, 3.05) is 20.2 Å². The Bertz CT molecular complexity index is 419. The molecule has 3 heteroatoms. The molecule has 112 valence electrons. The van der Waals surface area contributed by atoms with Crippen LogP contribution in [0.25, 0.3) is 0 Å². The second kappa shape index (κ2) is 7.65. The molecule has 2 rings (SSSR count). The Morgan fingerprint density at radius 2 is 2.15 bits per heavy atom. The summed E-state index contributed by atoms with van der Waals surface area (Å²) in [5.41, 5.74) is 8.13. The van der Waals surface area contributed by atoms with E-state index < -0.39 is 0 Å². The van der Waals surface area contributed by atoms with Gasteiger partial charge in [0.25, 0.3) is 0 Å². The number of ether oxygens (including phenoxy) is 1. The van der Waals surface area contributed by atoms with Gasteiger partial charge in [0.1, 0.15) is 5.75 Å². The van der Waals surface area contributed by atoms with Gasteiger partial charge in [-0.15, -0.1) is 0 Å². The van der Waals surface area contributed by atoms with Gasteiger partial charge in [0.2, 0.25) is 0 Å². The van der Waals surface area contributed by atoms with Crippen molar-refractivity contribution in [3.05, 3.63) is 29.3 Å². The summed E-state index contributed by atoms with van der Waals surface area (Å²) in [4.78, 5) is 2.58. The lowest BCUT2D eigenvalue weighted by molar-refractivity contribution is 0.271. The Morgan fingerprint density at radius 1 is 1.30 bits per heavy atom. The van der Waals surface area contributed by atoms with Gasteiger partial charge in [-0.3, -0.25) is 4.90 Å². The fourth-order valence-electron chi connectivity index (χ4n) is 3.11. The smallest absolute Gasteiger partial charge is 0.123 e. The van der Waals surface area contributed by atoms with Crippen LogP contribution in [-0.2, 0) is 13.1 Å². The Balaban J connectivity index is 1.99. The van der Waals surface area contributed by atoms with Crippen molar-refractivity contribution in [3.8, 4) is 5.75 Å². The summed E-state index contributed by atoms with van der Waals surface area (Å²) in [7, 11) is 1.72. The van der Waals surface area contributed by atoms with Gasteiger partial charge in [0.05, 0.1) is 7.11 Å². The predicted octanol–water partition coefficient (Wildman–Crippen LogP) is 3.17. The van der Waals surface area contributed by atoms with E-state index in [9.17, 15) is 0 Å². The first kappa shape index (κ1) is 15.3. The first-order chi connectivity index (χ1) is 9.76. The van der Waals surface area contributed by atoms with Crippen LogP contribution in [0.1, 0.15) is 43.7 Å². The van der Waals surface area contributed by atoms with Crippen molar-refractivity contribution in [1.82, 2.24) is 4.90 Å². The van der Waals surface area contributed by atoms with Crippen LogP contribution in [0.4, 0.5) is 0 Å². The summed E-state index contributed by atoms with van der Waals surface area (Å²) < 4.78 is 5.43. The van der Waals surface area contributed by atoms with Gasteiger partial charge >= 0.3 is 0 Å². The molecule has 0 spiro atoms. The largest absolute Gasteiger partial charge is 0.496 e. The fourth-order valence-corrected chi connectivity index (χ4v) is 3.11. The molecule has 0 saturated carbocycles. The lowest BCUT2D eigenvalue weighted by atomic mass is 9.98. The maximum atomic E-state index is 5.72. The molecule has 1 aromatic carbocycles. The zero-order chi connectivity index (χ0) is 14.4. The first-order valence-corrected chi connectivity index (χ1v) is 7.85. The summed E-state index contributed by atoms with van der Waals surface area (Å²) in [6.45, 7) is 6.32. The highest BCUT2D eigenvalue weighted by Crippen LogP contribution is 2.24. The minimum absolute atomic E-state index is 0.533. The molecular weight excluding hydrogens is 248 g/mol. The zero-order valence-corrected chi connectivity index (χ0v) is 12.9. The average molecular weight is 276 g/mol. The highest BCUT2D eigenvalue weighted by molar-refractivity contribution is 5.37. The molecule has 3 nitrogen and oxygen atoms in total. The van der Waals surface area contributed by atoms with Crippen LogP contribution in [0.2, 0.25) is 0 Å². The topological polar surface area (TPSA) is 38.5 Å². The van der Waals surface area contributed by atoms with Gasteiger partial charge < -0.3 is 10.5 Å². The van der Waals surface area contributed by atoms with E-state index in [1.807, 2.05) is 0 Å². The zero-order valence-electron chi connectivity index (χ0n) is 12.9. The van der Waals surface area contributed by atoms with Gasteiger partial charge in [-0.1, -0.05) is 25.5 Å². The SMILES string of the molecule is CCC1CCCN(Cc2ccc(CN)c(OC)c2)CC1. The van der Waals surface area contributed by atoms with E-state index in [2.05, 4.69) is 30.0 Å². The lowest BCUT2D eigenvalue weighted by Gasteiger charge is -2.21. The molecule has 0 amide bonds. The fraction of sp³-hybridized carbons (Fsp3) is 0.647. The maximum absolute atomic E-state index is 5.72. The Morgan fingerprint density at radius 3 is 2.85 bits per heavy atom. The molecule has 1 aliphatic rings. The van der Waals surface area contributed by atoms with Crippen molar-refractivity contribution < 1.29 is 4.74 Å². The first-order valence-electron chi connectivity index (χ1n) is 7.85. The summed E-state index contributed by atoms with van der Waals surface area (Å²) >= 11 is 0. The average Bonchev–Trinajstić information content (AvgIpc) is 2.72. The number of rotatable bonds is 5. The van der Waals surface area contributed by atoms with Gasteiger partial charge in [0.15, 0.2) is 0 Å². The van der Waals surface area contributed by atoms with Gasteiger partial charge in [-0.25, -0.2) is 0 Å². The monoisotopic (exact) mass is 276 g/mol. The van der Waals surface area contributed by atoms with E-state index in [1.165, 1.54) is 44.3 Å². The number of nitrogens with two attached hydrogens (primary N) is 1. The molecule has 0 aromatic heterocycles. The van der Waals surface area contributed by atoms with Crippen LogP contribution in [-0.4, -0.2) is 25.1 Å². The van der Waals surface area contributed by atoms with E-state index in [1.54, 1.807) is 7.11 Å². The van der Waals surface area contributed by atoms with Crippen molar-refractivity contribution in [3.63, 3.8) is 0 Å². The third-order valence-corrected chi connectivity index (χ3v) is 4.50. The molecule has 1 fully saturated rings. The standard InChI is InChI=1S/C17H28N2O/c1-3-14-5-4-9-19(10-8-14)13-15-6-7-16(12-18)17(11-15)20-2/h6-7,11,14H,3-5,8-10,12-13,18H2,1-2H3. The van der Waals surface area contributed by atoms with E-state index in [-0.39, 0.29) is 0 Å². The van der Waals surface area contributed by atoms with E-state index >= 15 is 0 Å². The number of hydrogen-bond acceptors (Lipinski definition) is 3. The summed E-state index contributed by atoms with van der Waals surface area (Å²) in [5.74, 6) is 1.85. The van der Waals surface area contributed by atoms with Crippen LogP contribution in [0.3, 0.4) is 0 Å². The minimum atomic E-state index is 0.533. The second-order valence-electron chi connectivity index (χ2n) is 5.83. The van der Waals surface area contributed by atoms with Crippen LogP contribution >= 0.6 is 0 Å². The summed E-state index contributed by atoms with van der Waals surface area (Å²) in [5, 5.41) is 0. The van der Waals surface area contributed by atoms with Crippen molar-refractivity contribution in [1.29, 1.82) is 0 Å². The molecule has 1 atom stereocenters. The molecule has 1 saturated heterocycles. The lowest BCUT2D eigenvalue weighted by Crippen LogP contribution is -2.24. The molecule has 0 radical (unpaired) electrons. The number of methoxy groups -OCH3 is 1. The van der Waals surface area contributed by atoms with Crippen LogP contribution < -0.4 is 10.5 Å². The molecule has 2 N–H and O–H groups in total. The number of benzene rings is 1.